The van der Waals surface area contributed by atoms with Crippen LogP contribution in [0.1, 0.15) is 50.3 Å². The lowest BCUT2D eigenvalue weighted by atomic mass is 9.95. The highest BCUT2D eigenvalue weighted by Crippen LogP contribution is 2.38. The molecule has 5 heteroatoms. The van der Waals surface area contributed by atoms with E-state index in [1.807, 2.05) is 38.1 Å². The Morgan fingerprint density at radius 2 is 1.64 bits per heavy atom. The van der Waals surface area contributed by atoms with Gasteiger partial charge in [-0.25, -0.2) is 4.90 Å². The fraction of sp³-hybridized carbons (Fsp3) is 0.429. The van der Waals surface area contributed by atoms with Gasteiger partial charge in [0.2, 0.25) is 0 Å². The fourth-order valence-corrected chi connectivity index (χ4v) is 4.57. The lowest BCUT2D eigenvalue weighted by Gasteiger charge is -2.32. The molecule has 0 spiro atoms. The number of piperidine rings is 1. The molecular weight excluding hydrogens is 412 g/mol. The number of aryl methyl sites for hydroxylation is 2. The number of nitrogens with zero attached hydrogens (tertiary/aromatic N) is 2. The predicted molar refractivity (Wildman–Crippen MR) is 132 cm³/mol. The van der Waals surface area contributed by atoms with Gasteiger partial charge in [0, 0.05) is 13.1 Å². The van der Waals surface area contributed by atoms with Crippen molar-refractivity contribution in [1.29, 1.82) is 0 Å². The number of rotatable bonds is 6. The van der Waals surface area contributed by atoms with Crippen molar-refractivity contribution in [3.8, 4) is 5.75 Å². The van der Waals surface area contributed by atoms with E-state index in [2.05, 4.69) is 31.7 Å². The molecule has 0 saturated carbocycles. The van der Waals surface area contributed by atoms with Crippen LogP contribution < -0.4 is 9.64 Å². The molecule has 0 atom stereocenters. The van der Waals surface area contributed by atoms with E-state index in [0.29, 0.717) is 35.4 Å². The van der Waals surface area contributed by atoms with Gasteiger partial charge in [0.15, 0.2) is 0 Å². The summed E-state index contributed by atoms with van der Waals surface area (Å²) in [5.74, 6) is 1.30. The molecule has 4 rings (SSSR count). The maximum atomic E-state index is 13.8. The molecule has 0 aliphatic carbocycles. The number of likely N-dealkylation sites (tertiary alicyclic amines) is 1. The highest BCUT2D eigenvalue weighted by Gasteiger charge is 2.43. The van der Waals surface area contributed by atoms with Crippen molar-refractivity contribution in [3.05, 3.63) is 64.9 Å². The van der Waals surface area contributed by atoms with Gasteiger partial charge in [0.05, 0.1) is 17.9 Å². The zero-order valence-electron chi connectivity index (χ0n) is 20.4. The minimum atomic E-state index is -0.253. The molecular formula is C28H34N2O3. The predicted octanol–water partition coefficient (Wildman–Crippen LogP) is 5.35. The van der Waals surface area contributed by atoms with E-state index >= 15 is 0 Å². The average Bonchev–Trinajstić information content (AvgIpc) is 3.03. The number of imide groups is 1. The molecule has 174 valence electrons. The van der Waals surface area contributed by atoms with Crippen LogP contribution in [-0.4, -0.2) is 36.4 Å². The van der Waals surface area contributed by atoms with Gasteiger partial charge in [-0.3, -0.25) is 9.59 Å². The molecule has 5 nitrogen and oxygen atoms in total. The lowest BCUT2D eigenvalue weighted by molar-refractivity contribution is -0.120. The van der Waals surface area contributed by atoms with Crippen molar-refractivity contribution in [3.63, 3.8) is 0 Å². The van der Waals surface area contributed by atoms with Crippen LogP contribution >= 0.6 is 0 Å². The summed E-state index contributed by atoms with van der Waals surface area (Å²) < 4.78 is 5.78. The van der Waals surface area contributed by atoms with Gasteiger partial charge in [-0.05, 0) is 73.9 Å². The van der Waals surface area contributed by atoms with Crippen LogP contribution in [0, 0.1) is 25.7 Å². The van der Waals surface area contributed by atoms with Crippen LogP contribution in [0.4, 0.5) is 5.69 Å². The summed E-state index contributed by atoms with van der Waals surface area (Å²) in [5.41, 5.74) is 4.62. The topological polar surface area (TPSA) is 49.9 Å². The molecule has 33 heavy (non-hydrogen) atoms. The number of anilines is 1. The van der Waals surface area contributed by atoms with Crippen LogP contribution in [-0.2, 0) is 9.59 Å². The summed E-state index contributed by atoms with van der Waals surface area (Å²) in [6.07, 6.45) is 2.04. The molecule has 2 aromatic carbocycles. The lowest BCUT2D eigenvalue weighted by Crippen LogP contribution is -2.38. The molecule has 2 amide bonds. The third kappa shape index (κ3) is 4.68. The van der Waals surface area contributed by atoms with Gasteiger partial charge in [0.25, 0.3) is 11.8 Å². The minimum absolute atomic E-state index is 0.236. The highest BCUT2D eigenvalue weighted by molar-refractivity contribution is 6.45. The van der Waals surface area contributed by atoms with E-state index in [1.54, 1.807) is 12.1 Å². The zero-order valence-corrected chi connectivity index (χ0v) is 20.4. The van der Waals surface area contributed by atoms with Crippen molar-refractivity contribution in [2.24, 2.45) is 11.8 Å². The van der Waals surface area contributed by atoms with Gasteiger partial charge in [-0.2, -0.15) is 0 Å². The van der Waals surface area contributed by atoms with Crippen molar-refractivity contribution < 1.29 is 14.3 Å². The largest absolute Gasteiger partial charge is 0.493 e. The summed E-state index contributed by atoms with van der Waals surface area (Å²) in [6.45, 7) is 12.7. The molecule has 2 aromatic rings. The molecule has 0 radical (unpaired) electrons. The zero-order chi connectivity index (χ0) is 23.7. The third-order valence-corrected chi connectivity index (χ3v) is 6.49. The molecule has 2 heterocycles. The SMILES string of the molecule is Cc1ccc(C2=C(N3CCC(C)CC3)C(=O)N(c3ccc(OCC(C)C)cc3)C2=O)c(C)c1. The van der Waals surface area contributed by atoms with Crippen molar-refractivity contribution in [2.45, 2.75) is 47.5 Å². The smallest absolute Gasteiger partial charge is 0.282 e. The number of hydrogen-bond acceptors (Lipinski definition) is 4. The second-order valence-electron chi connectivity index (χ2n) is 9.86. The number of carbonyl (C=O) groups is 2. The Labute approximate surface area is 197 Å². The van der Waals surface area contributed by atoms with E-state index < -0.39 is 0 Å². The van der Waals surface area contributed by atoms with Crippen LogP contribution in [0.2, 0.25) is 0 Å². The van der Waals surface area contributed by atoms with Crippen LogP contribution in [0.3, 0.4) is 0 Å². The third-order valence-electron chi connectivity index (χ3n) is 6.49. The van der Waals surface area contributed by atoms with Gasteiger partial charge in [-0.1, -0.05) is 44.5 Å². The van der Waals surface area contributed by atoms with Gasteiger partial charge in [0.1, 0.15) is 11.4 Å². The van der Waals surface area contributed by atoms with Crippen LogP contribution in [0.5, 0.6) is 5.75 Å². The Bertz CT molecular complexity index is 1080. The van der Waals surface area contributed by atoms with E-state index in [4.69, 9.17) is 4.74 Å². The molecule has 0 N–H and O–H groups in total. The summed E-state index contributed by atoms with van der Waals surface area (Å²) in [6, 6.07) is 13.3. The monoisotopic (exact) mass is 446 g/mol. The molecule has 2 aliphatic rings. The fourth-order valence-electron chi connectivity index (χ4n) is 4.57. The summed E-state index contributed by atoms with van der Waals surface area (Å²) in [5, 5.41) is 0. The Morgan fingerprint density at radius 1 is 0.970 bits per heavy atom. The van der Waals surface area contributed by atoms with Crippen LogP contribution in [0.15, 0.2) is 48.2 Å². The number of hydrogen-bond donors (Lipinski definition) is 0. The van der Waals surface area contributed by atoms with E-state index in [1.165, 1.54) is 4.90 Å². The summed E-state index contributed by atoms with van der Waals surface area (Å²) in [4.78, 5) is 30.9. The van der Waals surface area contributed by atoms with E-state index in [-0.39, 0.29) is 11.8 Å². The summed E-state index contributed by atoms with van der Waals surface area (Å²) >= 11 is 0. The second-order valence-corrected chi connectivity index (χ2v) is 9.86. The Hall–Kier alpha value is -3.08. The summed E-state index contributed by atoms with van der Waals surface area (Å²) in [7, 11) is 0. The minimum Gasteiger partial charge on any atom is -0.493 e. The maximum absolute atomic E-state index is 13.8. The Kier molecular flexibility index (Phi) is 6.59. The van der Waals surface area contributed by atoms with Crippen molar-refractivity contribution >= 4 is 23.1 Å². The first-order valence-electron chi connectivity index (χ1n) is 11.9. The molecule has 0 aromatic heterocycles. The number of amides is 2. The molecule has 0 bridgehead atoms. The first-order valence-corrected chi connectivity index (χ1v) is 11.9. The standard InChI is InChI=1S/C28H34N2O3/c1-18(2)17-33-23-9-7-22(8-10-23)30-27(31)25(24-11-6-20(4)16-21(24)5)26(28(30)32)29-14-12-19(3)13-15-29/h6-11,16,18-19H,12-15,17H2,1-5H3. The number of benzene rings is 2. The van der Waals surface area contributed by atoms with Crippen molar-refractivity contribution in [2.75, 3.05) is 24.6 Å². The van der Waals surface area contributed by atoms with Gasteiger partial charge < -0.3 is 9.64 Å². The molecule has 1 saturated heterocycles. The normalized spacial score (nSPS) is 17.5. The Balaban J connectivity index is 1.71. The quantitative estimate of drug-likeness (QED) is 0.561. The average molecular weight is 447 g/mol. The first kappa shape index (κ1) is 23.1. The molecule has 2 aliphatic heterocycles. The first-order chi connectivity index (χ1) is 15.8. The Morgan fingerprint density at radius 3 is 2.24 bits per heavy atom. The second kappa shape index (κ2) is 9.42. The number of ether oxygens (including phenoxy) is 1. The number of carbonyl (C=O) groups excluding carboxylic acids is 2. The molecule has 0 unspecified atom stereocenters. The van der Waals surface area contributed by atoms with Gasteiger partial charge >= 0.3 is 0 Å². The van der Waals surface area contributed by atoms with Crippen molar-refractivity contribution in [1.82, 2.24) is 4.90 Å². The van der Waals surface area contributed by atoms with Gasteiger partial charge in [-0.15, -0.1) is 0 Å². The maximum Gasteiger partial charge on any atom is 0.282 e. The van der Waals surface area contributed by atoms with E-state index in [9.17, 15) is 9.59 Å². The highest BCUT2D eigenvalue weighted by atomic mass is 16.5. The molecule has 1 fully saturated rings. The van der Waals surface area contributed by atoms with Crippen LogP contribution in [0.25, 0.3) is 5.57 Å². The van der Waals surface area contributed by atoms with E-state index in [0.717, 1.165) is 48.4 Å².